The number of nitro groups is 4. The van der Waals surface area contributed by atoms with Gasteiger partial charge in [0.25, 0.3) is 0 Å². The van der Waals surface area contributed by atoms with Gasteiger partial charge in [-0.3, -0.25) is 64.4 Å². The van der Waals surface area contributed by atoms with Crippen LogP contribution in [0.1, 0.15) is 209 Å². The van der Waals surface area contributed by atoms with Gasteiger partial charge in [0.1, 0.15) is 12.2 Å². The number of nitrogens with zero attached hydrogens (tertiary/aromatic N) is 6. The van der Waals surface area contributed by atoms with E-state index < -0.39 is 110 Å². The molecule has 6 aliphatic rings. The first-order chi connectivity index (χ1) is 45.0. The highest BCUT2D eigenvalue weighted by molar-refractivity contribution is 5.89. The lowest BCUT2D eigenvalue weighted by atomic mass is 9.62. The fourth-order valence-electron chi connectivity index (χ4n) is 15.2. The summed E-state index contributed by atoms with van der Waals surface area (Å²) in [5.41, 5.74) is -4.63. The van der Waals surface area contributed by atoms with Crippen LogP contribution in [0.2, 0.25) is 0 Å². The van der Waals surface area contributed by atoms with E-state index in [1.165, 1.54) is 0 Å². The molecule has 30 heteroatoms. The monoisotopic (exact) mass is 1350 g/mol. The Labute approximate surface area is 557 Å². The Balaban J connectivity index is 1.10. The smallest absolute Gasteiger partial charge is 0.230 e. The summed E-state index contributed by atoms with van der Waals surface area (Å²) in [4.78, 5) is 130. The quantitative estimate of drug-likeness (QED) is 0.0136. The van der Waals surface area contributed by atoms with Crippen molar-refractivity contribution in [2.24, 2.45) is 50.1 Å². The molecule has 0 aromatic heterocycles. The second-order valence-corrected chi connectivity index (χ2v) is 29.7. The molecule has 538 valence electrons. The van der Waals surface area contributed by atoms with E-state index in [-0.39, 0.29) is 143 Å². The number of carbonyl (C=O) groups is 6. The zero-order valence-electron chi connectivity index (χ0n) is 57.3. The lowest BCUT2D eigenvalue weighted by molar-refractivity contribution is -0.542. The molecule has 13 unspecified atom stereocenters. The second-order valence-electron chi connectivity index (χ2n) is 29.7. The van der Waals surface area contributed by atoms with Crippen molar-refractivity contribution in [2.45, 2.75) is 282 Å². The van der Waals surface area contributed by atoms with Gasteiger partial charge >= 0.3 is 0 Å². The maximum Gasteiger partial charge on any atom is 0.230 e. The van der Waals surface area contributed by atoms with Crippen LogP contribution >= 0.6 is 0 Å². The van der Waals surface area contributed by atoms with Crippen molar-refractivity contribution in [3.8, 4) is 0 Å². The fraction of sp³-hybridized carbons (Fsp3) is 0.908. The van der Waals surface area contributed by atoms with Gasteiger partial charge in [-0.25, -0.2) is 0 Å². The van der Waals surface area contributed by atoms with Crippen molar-refractivity contribution in [3.05, 3.63) is 40.5 Å². The SMILES string of the molecule is CCC(C)(CC(C)(CC(C)(CC(C)C(=O)NC(C)(C)C)C(=O)NCCCOC1CCC([N+](=O)[O-])C(C2OCCO2)C1)C(=O)NCCCOC1CCC([N+](=O)[O-])C(C(=O)NC2CCC(N=NC3CCC([N+](=O)[O-])CC3)CC2)C1)C(=O)NCCCOC1CCC([N+](=O)[O-])C(C=O)C1. The minimum atomic E-state index is -1.45. The van der Waals surface area contributed by atoms with E-state index in [2.05, 4.69) is 36.8 Å². The second kappa shape index (κ2) is 36.6. The standard InChI is InChI=1S/C65H109N11O19/c1-9-63(6,59(80)66-27-10-30-91-48-21-24-53(74(85)86)43(35-48)39-77)40-65(8,41-64(7,38-42(2)56(78)70-62(3,4)5)60(81)67-28-11-32-93-50-23-26-55(76(89)90)52(37-50)58-94-33-34-95-58)61(82)68-29-12-31-92-49-22-25-54(75(87)88)51(36-49)57(79)69-44-13-15-45(16-14-44)71-72-46-17-19-47(20-18-46)73(83)84/h39,42-55,58H,9-38,40-41H2,1-8H3,(H,66,80)(H,67,81)(H,68,82)(H,69,79)(H,70,78). The van der Waals surface area contributed by atoms with Crippen molar-refractivity contribution >= 4 is 35.8 Å². The van der Waals surface area contributed by atoms with E-state index in [9.17, 15) is 64.4 Å². The van der Waals surface area contributed by atoms with Crippen molar-refractivity contribution in [3.63, 3.8) is 0 Å². The molecule has 0 aromatic rings. The van der Waals surface area contributed by atoms with Gasteiger partial charge in [0, 0.05) is 125 Å². The van der Waals surface area contributed by atoms with Crippen LogP contribution in [0.4, 0.5) is 0 Å². The van der Waals surface area contributed by atoms with E-state index in [1.54, 1.807) is 27.7 Å². The molecule has 5 aliphatic carbocycles. The molecule has 1 aliphatic heterocycles. The first-order valence-corrected chi connectivity index (χ1v) is 34.9. The third-order valence-corrected chi connectivity index (χ3v) is 20.7. The summed E-state index contributed by atoms with van der Waals surface area (Å²) in [6.07, 6.45) is 7.50. The van der Waals surface area contributed by atoms with E-state index in [0.29, 0.717) is 122 Å². The molecule has 30 nitrogen and oxygen atoms in total. The van der Waals surface area contributed by atoms with Crippen LogP contribution in [0, 0.1) is 80.4 Å². The summed E-state index contributed by atoms with van der Waals surface area (Å²) in [7, 11) is 0. The van der Waals surface area contributed by atoms with E-state index >= 15 is 4.79 Å². The number of aldehydes is 1. The third kappa shape index (κ3) is 23.6. The number of ether oxygens (including phenoxy) is 5. The van der Waals surface area contributed by atoms with E-state index in [4.69, 9.17) is 23.7 Å². The van der Waals surface area contributed by atoms with E-state index in [1.807, 2.05) is 27.7 Å². The van der Waals surface area contributed by atoms with Crippen LogP contribution in [0.15, 0.2) is 10.2 Å². The molecule has 1 saturated heterocycles. The lowest BCUT2D eigenvalue weighted by Crippen LogP contribution is -2.52. The molecule has 5 N–H and O–H groups in total. The normalized spacial score (nSPS) is 29.9. The van der Waals surface area contributed by atoms with Gasteiger partial charge in [0.15, 0.2) is 6.29 Å². The number of hydrogen-bond donors (Lipinski definition) is 5. The summed E-state index contributed by atoms with van der Waals surface area (Å²) in [5.74, 6) is -4.79. The number of nitrogens with one attached hydrogen (secondary N) is 5. The molecule has 0 radical (unpaired) electrons. The summed E-state index contributed by atoms with van der Waals surface area (Å²) in [6, 6.07) is -3.64. The van der Waals surface area contributed by atoms with Gasteiger partial charge in [0.2, 0.25) is 53.7 Å². The highest BCUT2D eigenvalue weighted by Gasteiger charge is 2.51. The molecule has 95 heavy (non-hydrogen) atoms. The van der Waals surface area contributed by atoms with Gasteiger partial charge in [-0.15, -0.1) is 0 Å². The van der Waals surface area contributed by atoms with Crippen LogP contribution < -0.4 is 26.6 Å². The fourth-order valence-corrected chi connectivity index (χ4v) is 15.2. The van der Waals surface area contributed by atoms with Crippen LogP contribution in [0.25, 0.3) is 0 Å². The topological polar surface area (TPSA) is 406 Å². The Morgan fingerprint density at radius 1 is 0.568 bits per heavy atom. The number of azo groups is 1. The van der Waals surface area contributed by atoms with Gasteiger partial charge in [-0.05, 0) is 143 Å². The van der Waals surface area contributed by atoms with Crippen LogP contribution in [0.3, 0.4) is 0 Å². The Bertz CT molecular complexity index is 2610. The average Bonchev–Trinajstić information content (AvgIpc) is 1.45. The zero-order valence-corrected chi connectivity index (χ0v) is 57.3. The van der Waals surface area contributed by atoms with E-state index in [0.717, 1.165) is 0 Å². The zero-order chi connectivity index (χ0) is 69.7. The molecule has 13 atom stereocenters. The molecular weight excluding hydrogens is 1240 g/mol. The largest absolute Gasteiger partial charge is 0.378 e. The van der Waals surface area contributed by atoms with Crippen molar-refractivity contribution in [1.29, 1.82) is 0 Å². The summed E-state index contributed by atoms with van der Waals surface area (Å²) in [5, 5.41) is 71.3. The molecule has 0 aromatic carbocycles. The minimum Gasteiger partial charge on any atom is -0.378 e. The molecule has 6 rings (SSSR count). The van der Waals surface area contributed by atoms with Gasteiger partial charge < -0.3 is 55.1 Å². The molecule has 5 saturated carbocycles. The predicted octanol–water partition coefficient (Wildman–Crippen LogP) is 7.19. The minimum absolute atomic E-state index is 0.0148. The Kier molecular flexibility index (Phi) is 30.0. The summed E-state index contributed by atoms with van der Waals surface area (Å²) < 4.78 is 29.9. The molecule has 0 spiro atoms. The first-order valence-electron chi connectivity index (χ1n) is 34.9. The van der Waals surface area contributed by atoms with Crippen LogP contribution in [-0.4, -0.2) is 181 Å². The highest BCUT2D eigenvalue weighted by atomic mass is 16.7. The molecule has 1 heterocycles. The van der Waals surface area contributed by atoms with Gasteiger partial charge in [-0.1, -0.05) is 34.6 Å². The Morgan fingerprint density at radius 3 is 1.51 bits per heavy atom. The number of hydrogen-bond acceptors (Lipinski definition) is 21. The maximum absolute atomic E-state index is 15.2. The number of amides is 5. The first kappa shape index (κ1) is 78.0. The van der Waals surface area contributed by atoms with Crippen LogP contribution in [0.5, 0.6) is 0 Å². The number of carbonyl (C=O) groups excluding carboxylic acids is 6. The highest BCUT2D eigenvalue weighted by Crippen LogP contribution is 2.47. The Morgan fingerprint density at radius 2 is 1.02 bits per heavy atom. The van der Waals surface area contributed by atoms with Crippen LogP contribution in [-0.2, 0) is 52.5 Å². The predicted molar refractivity (Wildman–Crippen MR) is 346 cm³/mol. The van der Waals surface area contributed by atoms with Crippen molar-refractivity contribution in [1.82, 2.24) is 26.6 Å². The maximum atomic E-state index is 15.2. The third-order valence-electron chi connectivity index (χ3n) is 20.7. The molecule has 5 amide bonds. The van der Waals surface area contributed by atoms with Crippen molar-refractivity contribution < 1.29 is 72.1 Å². The number of rotatable bonds is 36. The summed E-state index contributed by atoms with van der Waals surface area (Å²) in [6.45, 7) is 16.1. The average molecular weight is 1350 g/mol. The summed E-state index contributed by atoms with van der Waals surface area (Å²) >= 11 is 0. The van der Waals surface area contributed by atoms with Gasteiger partial charge in [0.05, 0.1) is 55.4 Å². The van der Waals surface area contributed by atoms with Crippen molar-refractivity contribution in [2.75, 3.05) is 52.7 Å². The molecular formula is C65H109N11O19. The molecule has 0 bridgehead atoms. The molecule has 6 fully saturated rings. The van der Waals surface area contributed by atoms with Gasteiger partial charge in [-0.2, -0.15) is 10.2 Å². The lowest BCUT2D eigenvalue weighted by Gasteiger charge is -2.43. The Hall–Kier alpha value is -5.98.